The van der Waals surface area contributed by atoms with Crippen LogP contribution in [0.2, 0.25) is 0 Å². The average molecular weight is 246 g/mol. The van der Waals surface area contributed by atoms with Crippen LogP contribution in [-0.4, -0.2) is 31.0 Å². The number of alkyl halides is 3. The first-order valence-corrected chi connectivity index (χ1v) is 5.89. The fourth-order valence-corrected chi connectivity index (χ4v) is 3.05. The molecule has 0 aromatic rings. The number of nitrogens with zero attached hydrogens (tertiary/aromatic N) is 1. The van der Waals surface area contributed by atoms with E-state index in [1.165, 1.54) is 6.92 Å². The Kier molecular flexibility index (Phi) is 2.82. The molecule has 0 spiro atoms. The van der Waals surface area contributed by atoms with Crippen molar-refractivity contribution in [1.82, 2.24) is 4.31 Å². The Hall–Kier alpha value is -0.340. The van der Waals surface area contributed by atoms with Crippen molar-refractivity contribution in [3.8, 4) is 0 Å². The smallest absolute Gasteiger partial charge is 0.216 e. The summed E-state index contributed by atoms with van der Waals surface area (Å²) in [5.41, 5.74) is -2.39. The fraction of sp³-hybridized carbons (Fsp3) is 1.00. The molecule has 1 saturated heterocycles. The molecule has 8 heteroatoms. The lowest BCUT2D eigenvalue weighted by Crippen LogP contribution is -2.59. The molecule has 0 amide bonds. The molecule has 1 fully saturated rings. The molecule has 0 aliphatic carbocycles. The zero-order valence-electron chi connectivity index (χ0n) is 8.37. The molecule has 0 aromatic carbocycles. The summed E-state index contributed by atoms with van der Waals surface area (Å²) in [4.78, 5) is 0. The van der Waals surface area contributed by atoms with Crippen molar-refractivity contribution in [3.63, 3.8) is 0 Å². The minimum Gasteiger partial charge on any atom is -0.216 e. The average Bonchev–Trinajstić information content (AvgIpc) is 2.26. The van der Waals surface area contributed by atoms with Gasteiger partial charge in [0.2, 0.25) is 0 Å². The van der Waals surface area contributed by atoms with Gasteiger partial charge in [-0.05, 0) is 19.3 Å². The molecule has 1 aliphatic heterocycles. The summed E-state index contributed by atoms with van der Waals surface area (Å²) in [6, 6.07) is 0. The summed E-state index contributed by atoms with van der Waals surface area (Å²) in [5, 5.41) is 4.77. The maximum absolute atomic E-state index is 12.8. The van der Waals surface area contributed by atoms with Crippen LogP contribution in [0.3, 0.4) is 0 Å². The molecular formula is C7H13F3N2O2S. The maximum atomic E-state index is 12.8. The lowest BCUT2D eigenvalue weighted by Gasteiger charge is -2.37. The van der Waals surface area contributed by atoms with Gasteiger partial charge in [0.15, 0.2) is 0 Å². The van der Waals surface area contributed by atoms with Gasteiger partial charge in [-0.15, -0.1) is 0 Å². The van der Waals surface area contributed by atoms with E-state index in [2.05, 4.69) is 0 Å². The van der Waals surface area contributed by atoms with Crippen molar-refractivity contribution in [2.24, 2.45) is 11.1 Å². The molecule has 4 nitrogen and oxygen atoms in total. The van der Waals surface area contributed by atoms with Crippen LogP contribution in [-0.2, 0) is 10.2 Å². The Morgan fingerprint density at radius 2 is 1.93 bits per heavy atom. The highest BCUT2D eigenvalue weighted by Crippen LogP contribution is 2.47. The first-order valence-electron chi connectivity index (χ1n) is 4.38. The molecule has 90 valence electrons. The Bertz CT molecular complexity index is 354. The van der Waals surface area contributed by atoms with Gasteiger partial charge < -0.3 is 0 Å². The molecule has 0 saturated carbocycles. The topological polar surface area (TPSA) is 63.4 Å². The van der Waals surface area contributed by atoms with E-state index in [1.54, 1.807) is 0 Å². The van der Waals surface area contributed by atoms with E-state index in [1.807, 2.05) is 0 Å². The first-order chi connectivity index (χ1) is 6.51. The van der Waals surface area contributed by atoms with E-state index in [0.29, 0.717) is 4.31 Å². The summed E-state index contributed by atoms with van der Waals surface area (Å²) in [7, 11) is -4.31. The van der Waals surface area contributed by atoms with Gasteiger partial charge in [-0.3, -0.25) is 0 Å². The highest BCUT2D eigenvalue weighted by atomic mass is 32.2. The van der Waals surface area contributed by atoms with Crippen molar-refractivity contribution < 1.29 is 21.6 Å². The van der Waals surface area contributed by atoms with E-state index < -0.39 is 27.8 Å². The molecule has 1 rings (SSSR count). The van der Waals surface area contributed by atoms with E-state index in [-0.39, 0.29) is 13.0 Å². The minimum atomic E-state index is -4.62. The monoisotopic (exact) mass is 246 g/mol. The van der Waals surface area contributed by atoms with Gasteiger partial charge in [0.1, 0.15) is 5.54 Å². The van der Waals surface area contributed by atoms with Gasteiger partial charge in [-0.25, -0.2) is 5.14 Å². The Labute approximate surface area is 86.4 Å². The van der Waals surface area contributed by atoms with Crippen LogP contribution >= 0.6 is 0 Å². The standard InChI is InChI=1S/C7H13F3N2O2S/c1-5-3-4-12(15(11,13)14)6(5,2)7(8,9)10/h5H,3-4H2,1-2H3,(H2,11,13,14). The lowest BCUT2D eigenvalue weighted by atomic mass is 9.88. The van der Waals surface area contributed by atoms with E-state index in [4.69, 9.17) is 5.14 Å². The second-order valence-electron chi connectivity index (χ2n) is 3.95. The molecule has 2 N–H and O–H groups in total. The summed E-state index contributed by atoms with van der Waals surface area (Å²) in [5.74, 6) is -0.796. The number of nitrogens with two attached hydrogens (primary N) is 1. The number of hydrogen-bond acceptors (Lipinski definition) is 2. The summed E-state index contributed by atoms with van der Waals surface area (Å²) in [6.07, 6.45) is -4.46. The van der Waals surface area contributed by atoms with Crippen LogP contribution in [0.5, 0.6) is 0 Å². The normalized spacial score (nSPS) is 34.7. The fourth-order valence-electron chi connectivity index (χ4n) is 1.88. The van der Waals surface area contributed by atoms with Crippen LogP contribution in [0.4, 0.5) is 13.2 Å². The molecule has 0 radical (unpaired) electrons. The molecule has 0 bridgehead atoms. The van der Waals surface area contributed by atoms with Crippen molar-refractivity contribution in [2.45, 2.75) is 32.0 Å². The molecule has 1 aliphatic rings. The van der Waals surface area contributed by atoms with Gasteiger partial charge in [0, 0.05) is 6.54 Å². The zero-order valence-corrected chi connectivity index (χ0v) is 9.19. The number of rotatable bonds is 1. The first kappa shape index (κ1) is 12.7. The van der Waals surface area contributed by atoms with Crippen molar-refractivity contribution in [2.75, 3.05) is 6.54 Å². The second-order valence-corrected chi connectivity index (χ2v) is 5.42. The van der Waals surface area contributed by atoms with Gasteiger partial charge >= 0.3 is 6.18 Å². The third-order valence-corrected chi connectivity index (χ3v) is 4.30. The third-order valence-electron chi connectivity index (χ3n) is 3.12. The maximum Gasteiger partial charge on any atom is 0.407 e. The SMILES string of the molecule is CC1CCN(S(N)(=O)=O)C1(C)C(F)(F)F. The summed E-state index contributed by atoms with van der Waals surface area (Å²) >= 11 is 0. The number of hydrogen-bond donors (Lipinski definition) is 1. The van der Waals surface area contributed by atoms with E-state index in [9.17, 15) is 21.6 Å². The largest absolute Gasteiger partial charge is 0.407 e. The van der Waals surface area contributed by atoms with Crippen LogP contribution in [0.1, 0.15) is 20.3 Å². The molecule has 15 heavy (non-hydrogen) atoms. The van der Waals surface area contributed by atoms with Crippen LogP contribution in [0.15, 0.2) is 0 Å². The predicted molar refractivity (Wildman–Crippen MR) is 48.1 cm³/mol. The lowest BCUT2D eigenvalue weighted by molar-refractivity contribution is -0.214. The van der Waals surface area contributed by atoms with E-state index >= 15 is 0 Å². The summed E-state index contributed by atoms with van der Waals surface area (Å²) in [6.45, 7) is 2.06. The second kappa shape index (κ2) is 3.33. The molecule has 0 aromatic heterocycles. The van der Waals surface area contributed by atoms with Gasteiger partial charge in [-0.1, -0.05) is 6.92 Å². The zero-order chi connectivity index (χ0) is 12.1. The molecular weight excluding hydrogens is 233 g/mol. The minimum absolute atomic E-state index is 0.159. The van der Waals surface area contributed by atoms with Gasteiger partial charge in [0.25, 0.3) is 10.2 Å². The quantitative estimate of drug-likeness (QED) is 0.745. The van der Waals surface area contributed by atoms with E-state index in [0.717, 1.165) is 6.92 Å². The predicted octanol–water partition coefficient (Wildman–Crippen LogP) is 0.853. The van der Waals surface area contributed by atoms with Crippen molar-refractivity contribution in [3.05, 3.63) is 0 Å². The molecule has 2 unspecified atom stereocenters. The Morgan fingerprint density at radius 3 is 2.20 bits per heavy atom. The van der Waals surface area contributed by atoms with Crippen molar-refractivity contribution >= 4 is 10.2 Å². The van der Waals surface area contributed by atoms with Crippen molar-refractivity contribution in [1.29, 1.82) is 0 Å². The highest BCUT2D eigenvalue weighted by molar-refractivity contribution is 7.86. The Morgan fingerprint density at radius 1 is 1.47 bits per heavy atom. The van der Waals surface area contributed by atoms with Crippen LogP contribution < -0.4 is 5.14 Å². The number of halogens is 3. The van der Waals surface area contributed by atoms with Gasteiger partial charge in [-0.2, -0.15) is 25.9 Å². The third kappa shape index (κ3) is 1.85. The molecule has 1 heterocycles. The van der Waals surface area contributed by atoms with Crippen LogP contribution in [0, 0.1) is 5.92 Å². The summed E-state index contributed by atoms with van der Waals surface area (Å²) < 4.78 is 60.9. The van der Waals surface area contributed by atoms with Crippen LogP contribution in [0.25, 0.3) is 0 Å². The van der Waals surface area contributed by atoms with Gasteiger partial charge in [0.05, 0.1) is 0 Å². The highest BCUT2D eigenvalue weighted by Gasteiger charge is 2.63. The Balaban J connectivity index is 3.23. The molecule has 2 atom stereocenters.